The van der Waals surface area contributed by atoms with Gasteiger partial charge in [0.05, 0.1) is 6.61 Å². The molecule has 6 heteroatoms. The first-order valence-electron chi connectivity index (χ1n) is 6.94. The molecule has 0 aliphatic carbocycles. The maximum absolute atomic E-state index is 12.2. The predicted octanol–water partition coefficient (Wildman–Crippen LogP) is 1.25. The molecule has 1 saturated heterocycles. The van der Waals surface area contributed by atoms with E-state index < -0.39 is 10.2 Å². The van der Waals surface area contributed by atoms with E-state index in [1.54, 1.807) is 12.1 Å². The molecule has 1 heterocycles. The molecule has 0 amide bonds. The first-order chi connectivity index (χ1) is 9.51. The summed E-state index contributed by atoms with van der Waals surface area (Å²) in [6.45, 7) is 3.55. The second kappa shape index (κ2) is 6.67. The molecule has 1 atom stereocenters. The minimum absolute atomic E-state index is 0.00231. The van der Waals surface area contributed by atoms with E-state index in [0.717, 1.165) is 24.0 Å². The molecular formula is C14H22N2O3S. The SMILES string of the molecule is CC1CCCN(S(=O)(=O)NCc2ccc(CO)cc2)C1. The maximum Gasteiger partial charge on any atom is 0.279 e. The van der Waals surface area contributed by atoms with Gasteiger partial charge in [-0.15, -0.1) is 0 Å². The highest BCUT2D eigenvalue weighted by Gasteiger charge is 2.26. The van der Waals surface area contributed by atoms with E-state index in [4.69, 9.17) is 5.11 Å². The van der Waals surface area contributed by atoms with Gasteiger partial charge >= 0.3 is 0 Å². The van der Waals surface area contributed by atoms with Crippen molar-refractivity contribution in [1.82, 2.24) is 9.03 Å². The number of aliphatic hydroxyl groups is 1. The molecule has 0 aromatic heterocycles. The molecule has 5 nitrogen and oxygen atoms in total. The van der Waals surface area contributed by atoms with Gasteiger partial charge in [-0.25, -0.2) is 0 Å². The standard InChI is InChI=1S/C14H22N2O3S/c1-12-3-2-8-16(10-12)20(18,19)15-9-13-4-6-14(11-17)7-5-13/h4-7,12,15,17H,2-3,8-11H2,1H3. The van der Waals surface area contributed by atoms with Crippen LogP contribution < -0.4 is 4.72 Å². The van der Waals surface area contributed by atoms with Crippen molar-refractivity contribution in [3.8, 4) is 0 Å². The third kappa shape index (κ3) is 4.02. The van der Waals surface area contributed by atoms with Gasteiger partial charge in [0, 0.05) is 19.6 Å². The zero-order chi connectivity index (χ0) is 14.6. The first kappa shape index (κ1) is 15.4. The van der Waals surface area contributed by atoms with Crippen molar-refractivity contribution in [3.63, 3.8) is 0 Å². The van der Waals surface area contributed by atoms with Gasteiger partial charge in [-0.05, 0) is 29.9 Å². The van der Waals surface area contributed by atoms with Crippen LogP contribution in [0.15, 0.2) is 24.3 Å². The number of nitrogens with zero attached hydrogens (tertiary/aromatic N) is 1. The fourth-order valence-electron chi connectivity index (χ4n) is 2.39. The van der Waals surface area contributed by atoms with Gasteiger partial charge in [0.2, 0.25) is 0 Å². The van der Waals surface area contributed by atoms with Gasteiger partial charge in [0.1, 0.15) is 0 Å². The quantitative estimate of drug-likeness (QED) is 0.859. The third-order valence-corrected chi connectivity index (χ3v) is 5.14. The number of piperidine rings is 1. The second-order valence-corrected chi connectivity index (χ2v) is 7.16. The second-order valence-electron chi connectivity index (χ2n) is 5.41. The van der Waals surface area contributed by atoms with Crippen LogP contribution in [0, 0.1) is 5.92 Å². The van der Waals surface area contributed by atoms with Crippen LogP contribution in [0.2, 0.25) is 0 Å². The van der Waals surface area contributed by atoms with Crippen molar-refractivity contribution in [2.75, 3.05) is 13.1 Å². The number of aliphatic hydroxyl groups excluding tert-OH is 1. The molecule has 1 unspecified atom stereocenters. The third-order valence-electron chi connectivity index (χ3n) is 3.62. The molecule has 2 rings (SSSR count). The highest BCUT2D eigenvalue weighted by molar-refractivity contribution is 7.87. The number of rotatable bonds is 5. The molecule has 1 aromatic carbocycles. The average Bonchev–Trinajstić information content (AvgIpc) is 2.46. The molecule has 1 fully saturated rings. The van der Waals surface area contributed by atoms with Crippen LogP contribution in [0.1, 0.15) is 30.9 Å². The van der Waals surface area contributed by atoms with Crippen LogP contribution in [-0.4, -0.2) is 30.9 Å². The van der Waals surface area contributed by atoms with Crippen LogP contribution >= 0.6 is 0 Å². The summed E-state index contributed by atoms with van der Waals surface area (Å²) in [5.41, 5.74) is 1.71. The smallest absolute Gasteiger partial charge is 0.279 e. The average molecular weight is 298 g/mol. The summed E-state index contributed by atoms with van der Waals surface area (Å²) in [4.78, 5) is 0. The van der Waals surface area contributed by atoms with E-state index in [0.29, 0.717) is 19.0 Å². The molecular weight excluding hydrogens is 276 g/mol. The Morgan fingerprint density at radius 1 is 1.30 bits per heavy atom. The lowest BCUT2D eigenvalue weighted by molar-refractivity contribution is 0.278. The zero-order valence-corrected chi connectivity index (χ0v) is 12.6. The summed E-state index contributed by atoms with van der Waals surface area (Å²) in [5.74, 6) is 0.421. The lowest BCUT2D eigenvalue weighted by atomic mass is 10.0. The molecule has 0 bridgehead atoms. The van der Waals surface area contributed by atoms with Crippen LogP contribution in [0.4, 0.5) is 0 Å². The van der Waals surface area contributed by atoms with Crippen molar-refractivity contribution in [2.24, 2.45) is 5.92 Å². The Hall–Kier alpha value is -0.950. The summed E-state index contributed by atoms with van der Waals surface area (Å²) in [5, 5.41) is 8.96. The number of hydrogen-bond donors (Lipinski definition) is 2. The summed E-state index contributed by atoms with van der Waals surface area (Å²) in [7, 11) is -3.40. The Balaban J connectivity index is 1.94. The van der Waals surface area contributed by atoms with E-state index >= 15 is 0 Å². The summed E-state index contributed by atoms with van der Waals surface area (Å²) in [6, 6.07) is 7.25. The van der Waals surface area contributed by atoms with Gasteiger partial charge < -0.3 is 5.11 Å². The Morgan fingerprint density at radius 2 is 1.95 bits per heavy atom. The predicted molar refractivity (Wildman–Crippen MR) is 78.1 cm³/mol. The van der Waals surface area contributed by atoms with Crippen LogP contribution in [0.5, 0.6) is 0 Å². The van der Waals surface area contributed by atoms with Crippen molar-refractivity contribution in [2.45, 2.75) is 32.9 Å². The number of hydrogen-bond acceptors (Lipinski definition) is 3. The van der Waals surface area contributed by atoms with Crippen LogP contribution in [-0.2, 0) is 23.4 Å². The summed E-state index contributed by atoms with van der Waals surface area (Å²) >= 11 is 0. The summed E-state index contributed by atoms with van der Waals surface area (Å²) < 4.78 is 28.6. The molecule has 1 aliphatic rings. The highest BCUT2D eigenvalue weighted by atomic mass is 32.2. The largest absolute Gasteiger partial charge is 0.392 e. The van der Waals surface area contributed by atoms with Gasteiger partial charge in [-0.3, -0.25) is 0 Å². The van der Waals surface area contributed by atoms with Gasteiger partial charge in [-0.1, -0.05) is 31.2 Å². The van der Waals surface area contributed by atoms with E-state index in [9.17, 15) is 8.42 Å². The Morgan fingerprint density at radius 3 is 2.55 bits per heavy atom. The first-order valence-corrected chi connectivity index (χ1v) is 8.38. The van der Waals surface area contributed by atoms with Crippen molar-refractivity contribution >= 4 is 10.2 Å². The molecule has 0 spiro atoms. The van der Waals surface area contributed by atoms with Crippen molar-refractivity contribution in [1.29, 1.82) is 0 Å². The Kier molecular flexibility index (Phi) is 5.15. The maximum atomic E-state index is 12.2. The Bertz CT molecular complexity index is 528. The van der Waals surface area contributed by atoms with E-state index in [2.05, 4.69) is 11.6 Å². The van der Waals surface area contributed by atoms with Crippen LogP contribution in [0.3, 0.4) is 0 Å². The Labute approximate surface area is 120 Å². The topological polar surface area (TPSA) is 69.6 Å². The normalized spacial score (nSPS) is 21.0. The lowest BCUT2D eigenvalue weighted by Gasteiger charge is -2.30. The number of nitrogens with one attached hydrogen (secondary N) is 1. The molecule has 0 radical (unpaired) electrons. The highest BCUT2D eigenvalue weighted by Crippen LogP contribution is 2.17. The minimum atomic E-state index is -3.40. The van der Waals surface area contributed by atoms with E-state index in [-0.39, 0.29) is 13.2 Å². The van der Waals surface area contributed by atoms with Gasteiger partial charge in [0.15, 0.2) is 0 Å². The monoisotopic (exact) mass is 298 g/mol. The van der Waals surface area contributed by atoms with E-state index in [1.165, 1.54) is 4.31 Å². The molecule has 112 valence electrons. The van der Waals surface area contributed by atoms with Gasteiger partial charge in [-0.2, -0.15) is 17.4 Å². The molecule has 1 aromatic rings. The fourth-order valence-corrected chi connectivity index (χ4v) is 3.74. The van der Waals surface area contributed by atoms with Crippen LogP contribution in [0.25, 0.3) is 0 Å². The summed E-state index contributed by atoms with van der Waals surface area (Å²) in [6.07, 6.45) is 2.02. The molecule has 1 aliphatic heterocycles. The lowest BCUT2D eigenvalue weighted by Crippen LogP contribution is -2.45. The van der Waals surface area contributed by atoms with Crippen molar-refractivity contribution < 1.29 is 13.5 Å². The zero-order valence-electron chi connectivity index (χ0n) is 11.7. The molecule has 0 saturated carbocycles. The molecule has 2 N–H and O–H groups in total. The molecule has 20 heavy (non-hydrogen) atoms. The fraction of sp³-hybridized carbons (Fsp3) is 0.571. The van der Waals surface area contributed by atoms with E-state index in [1.807, 2.05) is 12.1 Å². The van der Waals surface area contributed by atoms with Gasteiger partial charge in [0.25, 0.3) is 10.2 Å². The number of benzene rings is 1. The minimum Gasteiger partial charge on any atom is -0.392 e. The van der Waals surface area contributed by atoms with Crippen molar-refractivity contribution in [3.05, 3.63) is 35.4 Å².